The van der Waals surface area contributed by atoms with Gasteiger partial charge in [0.25, 0.3) is 5.91 Å². The van der Waals surface area contributed by atoms with Gasteiger partial charge in [0.15, 0.2) is 0 Å². The Labute approximate surface area is 136 Å². The average molecular weight is 317 g/mol. The van der Waals surface area contributed by atoms with Crippen LogP contribution in [0.25, 0.3) is 0 Å². The molecule has 23 heavy (non-hydrogen) atoms. The summed E-state index contributed by atoms with van der Waals surface area (Å²) in [6.45, 7) is 5.11. The largest absolute Gasteiger partial charge is 0.497 e. The van der Waals surface area contributed by atoms with Crippen LogP contribution in [0.3, 0.4) is 0 Å². The maximum atomic E-state index is 12.8. The maximum absolute atomic E-state index is 12.8. The lowest BCUT2D eigenvalue weighted by Gasteiger charge is -2.36. The minimum atomic E-state index is -0.898. The molecule has 0 N–H and O–H groups in total. The van der Waals surface area contributed by atoms with Gasteiger partial charge >= 0.3 is 0 Å². The van der Waals surface area contributed by atoms with Crippen LogP contribution in [0.5, 0.6) is 5.75 Å². The van der Waals surface area contributed by atoms with Crippen molar-refractivity contribution in [3.8, 4) is 5.75 Å². The zero-order valence-electron chi connectivity index (χ0n) is 13.9. The summed E-state index contributed by atoms with van der Waals surface area (Å²) in [6, 6.07) is 7.64. The van der Waals surface area contributed by atoms with Crippen molar-refractivity contribution in [1.29, 1.82) is 0 Å². The van der Waals surface area contributed by atoms with E-state index in [-0.39, 0.29) is 5.91 Å². The van der Waals surface area contributed by atoms with Crippen molar-refractivity contribution in [2.24, 2.45) is 5.16 Å². The number of piperazine rings is 1. The van der Waals surface area contributed by atoms with E-state index in [9.17, 15) is 4.79 Å². The van der Waals surface area contributed by atoms with Crippen LogP contribution in [0, 0.1) is 0 Å². The predicted molar refractivity (Wildman–Crippen MR) is 87.7 cm³/mol. The van der Waals surface area contributed by atoms with E-state index in [1.165, 1.54) is 0 Å². The molecule has 0 spiro atoms. The molecule has 0 bridgehead atoms. The fourth-order valence-corrected chi connectivity index (χ4v) is 2.94. The molecule has 1 aromatic carbocycles. The van der Waals surface area contributed by atoms with Gasteiger partial charge in [-0.25, -0.2) is 0 Å². The molecule has 1 aromatic rings. The second-order valence-corrected chi connectivity index (χ2v) is 6.36. The van der Waals surface area contributed by atoms with E-state index < -0.39 is 5.60 Å². The summed E-state index contributed by atoms with van der Waals surface area (Å²) in [5.41, 5.74) is 0.865. The highest BCUT2D eigenvalue weighted by Crippen LogP contribution is 2.29. The fourth-order valence-electron chi connectivity index (χ4n) is 2.94. The van der Waals surface area contributed by atoms with E-state index in [1.807, 2.05) is 36.1 Å². The van der Waals surface area contributed by atoms with Gasteiger partial charge in [0.1, 0.15) is 5.75 Å². The maximum Gasteiger partial charge on any atom is 0.269 e. The zero-order valence-corrected chi connectivity index (χ0v) is 13.9. The first-order valence-electron chi connectivity index (χ1n) is 7.89. The number of rotatable bonds is 3. The van der Waals surface area contributed by atoms with Gasteiger partial charge in [-0.15, -0.1) is 0 Å². The molecule has 1 fully saturated rings. The smallest absolute Gasteiger partial charge is 0.269 e. The lowest BCUT2D eigenvalue weighted by molar-refractivity contribution is -0.154. The number of methoxy groups -OCH3 is 1. The standard InChI is InChI=1S/C17H23N3O3/c1-17(16(21)20-10-8-19(2)9-11-20)12-15(18-23-17)13-4-6-14(22-3)7-5-13/h4-7H,8-12H2,1-3H3. The third kappa shape index (κ3) is 3.17. The van der Waals surface area contributed by atoms with Crippen molar-refractivity contribution in [1.82, 2.24) is 9.80 Å². The van der Waals surface area contributed by atoms with Crippen molar-refractivity contribution in [2.45, 2.75) is 18.9 Å². The fraction of sp³-hybridized carbons (Fsp3) is 0.529. The molecule has 6 nitrogen and oxygen atoms in total. The molecule has 124 valence electrons. The Morgan fingerprint density at radius 3 is 2.48 bits per heavy atom. The van der Waals surface area contributed by atoms with Crippen molar-refractivity contribution < 1.29 is 14.4 Å². The number of amides is 1. The van der Waals surface area contributed by atoms with Gasteiger partial charge in [-0.1, -0.05) is 5.16 Å². The molecular weight excluding hydrogens is 294 g/mol. The quantitative estimate of drug-likeness (QED) is 0.844. The van der Waals surface area contributed by atoms with Crippen LogP contribution in [-0.4, -0.2) is 67.4 Å². The Morgan fingerprint density at radius 2 is 1.87 bits per heavy atom. The van der Waals surface area contributed by atoms with Gasteiger partial charge < -0.3 is 19.4 Å². The number of carbonyl (C=O) groups is 1. The van der Waals surface area contributed by atoms with Gasteiger partial charge in [0, 0.05) is 32.6 Å². The molecule has 2 heterocycles. The van der Waals surface area contributed by atoms with Crippen LogP contribution in [0.2, 0.25) is 0 Å². The summed E-state index contributed by atoms with van der Waals surface area (Å²) in [5.74, 6) is 0.822. The number of benzene rings is 1. The van der Waals surface area contributed by atoms with E-state index in [2.05, 4.69) is 17.1 Å². The van der Waals surface area contributed by atoms with Crippen LogP contribution in [-0.2, 0) is 9.63 Å². The lowest BCUT2D eigenvalue weighted by Crippen LogP contribution is -2.54. The number of oxime groups is 1. The second kappa shape index (κ2) is 6.20. The molecule has 6 heteroatoms. The number of hydrogen-bond donors (Lipinski definition) is 0. The molecule has 1 saturated heterocycles. The first-order valence-corrected chi connectivity index (χ1v) is 7.89. The number of carbonyl (C=O) groups excluding carboxylic acids is 1. The number of ether oxygens (including phenoxy) is 1. The summed E-state index contributed by atoms with van der Waals surface area (Å²) in [6.07, 6.45) is 0.491. The Morgan fingerprint density at radius 1 is 1.22 bits per heavy atom. The third-order valence-electron chi connectivity index (χ3n) is 4.53. The molecule has 0 aliphatic carbocycles. The molecular formula is C17H23N3O3. The van der Waals surface area contributed by atoms with Crippen molar-refractivity contribution >= 4 is 11.6 Å². The van der Waals surface area contributed by atoms with Crippen LogP contribution in [0.4, 0.5) is 0 Å². The first-order chi connectivity index (χ1) is 11.0. The van der Waals surface area contributed by atoms with Crippen molar-refractivity contribution in [3.63, 3.8) is 0 Å². The van der Waals surface area contributed by atoms with Crippen LogP contribution >= 0.6 is 0 Å². The SMILES string of the molecule is COc1ccc(C2=NOC(C)(C(=O)N3CCN(C)CC3)C2)cc1. The van der Waals surface area contributed by atoms with Crippen molar-refractivity contribution in [3.05, 3.63) is 29.8 Å². The topological polar surface area (TPSA) is 54.4 Å². The van der Waals surface area contributed by atoms with E-state index in [0.717, 1.165) is 43.2 Å². The zero-order chi connectivity index (χ0) is 16.4. The Bertz CT molecular complexity index is 606. The predicted octanol–water partition coefficient (Wildman–Crippen LogP) is 1.35. The summed E-state index contributed by atoms with van der Waals surface area (Å²) in [4.78, 5) is 22.5. The highest BCUT2D eigenvalue weighted by atomic mass is 16.7. The molecule has 1 amide bonds. The van der Waals surface area contributed by atoms with E-state index in [0.29, 0.717) is 6.42 Å². The van der Waals surface area contributed by atoms with Crippen LogP contribution in [0.1, 0.15) is 18.9 Å². The highest BCUT2D eigenvalue weighted by molar-refractivity contribution is 6.05. The van der Waals surface area contributed by atoms with E-state index in [4.69, 9.17) is 9.57 Å². The highest BCUT2D eigenvalue weighted by Gasteiger charge is 2.45. The summed E-state index contributed by atoms with van der Waals surface area (Å²) >= 11 is 0. The minimum Gasteiger partial charge on any atom is -0.497 e. The third-order valence-corrected chi connectivity index (χ3v) is 4.53. The lowest BCUT2D eigenvalue weighted by atomic mass is 9.94. The minimum absolute atomic E-state index is 0.0258. The van der Waals surface area contributed by atoms with E-state index >= 15 is 0 Å². The monoisotopic (exact) mass is 317 g/mol. The van der Waals surface area contributed by atoms with Gasteiger partial charge in [-0.2, -0.15) is 0 Å². The number of nitrogens with zero attached hydrogens (tertiary/aromatic N) is 3. The molecule has 0 saturated carbocycles. The average Bonchev–Trinajstić information content (AvgIpc) is 2.99. The Balaban J connectivity index is 1.67. The Kier molecular flexibility index (Phi) is 4.26. The first kappa shape index (κ1) is 15.8. The molecule has 1 unspecified atom stereocenters. The number of likely N-dealkylation sites (N-methyl/N-ethyl adjacent to an activating group) is 1. The van der Waals surface area contributed by atoms with Gasteiger partial charge in [-0.3, -0.25) is 4.79 Å². The van der Waals surface area contributed by atoms with Crippen LogP contribution < -0.4 is 4.74 Å². The van der Waals surface area contributed by atoms with Gasteiger partial charge in [0.05, 0.1) is 12.8 Å². The summed E-state index contributed by atoms with van der Waals surface area (Å²) < 4.78 is 5.16. The summed E-state index contributed by atoms with van der Waals surface area (Å²) in [7, 11) is 3.71. The van der Waals surface area contributed by atoms with Crippen LogP contribution in [0.15, 0.2) is 29.4 Å². The van der Waals surface area contributed by atoms with Crippen molar-refractivity contribution in [2.75, 3.05) is 40.3 Å². The number of hydrogen-bond acceptors (Lipinski definition) is 5. The summed E-state index contributed by atoms with van der Waals surface area (Å²) in [5, 5.41) is 4.16. The molecule has 2 aliphatic heterocycles. The van der Waals surface area contributed by atoms with E-state index in [1.54, 1.807) is 7.11 Å². The molecule has 2 aliphatic rings. The normalized spacial score (nSPS) is 25.0. The molecule has 3 rings (SSSR count). The second-order valence-electron chi connectivity index (χ2n) is 6.36. The van der Waals surface area contributed by atoms with Gasteiger partial charge in [0.2, 0.25) is 5.60 Å². The molecule has 0 aromatic heterocycles. The van der Waals surface area contributed by atoms with Gasteiger partial charge in [-0.05, 0) is 43.8 Å². The molecule has 1 atom stereocenters. The molecule has 0 radical (unpaired) electrons. The Hall–Kier alpha value is -2.08.